The molecular formula is C14H28O6. The molecule has 1 saturated carbocycles. The van der Waals surface area contributed by atoms with E-state index in [0.717, 1.165) is 6.42 Å². The van der Waals surface area contributed by atoms with Gasteiger partial charge in [0.05, 0.1) is 51.8 Å². The summed E-state index contributed by atoms with van der Waals surface area (Å²) < 4.78 is 26.7. The van der Waals surface area contributed by atoms with Gasteiger partial charge < -0.3 is 28.8 Å². The summed E-state index contributed by atoms with van der Waals surface area (Å²) >= 11 is 0. The van der Waals surface area contributed by atoms with Gasteiger partial charge in [-0.1, -0.05) is 6.92 Å². The quantitative estimate of drug-likeness (QED) is 0.502. The largest absolute Gasteiger partial charge is 0.390 e. The molecule has 0 aromatic heterocycles. The van der Waals surface area contributed by atoms with Gasteiger partial charge in [0, 0.05) is 20.1 Å². The van der Waals surface area contributed by atoms with Crippen LogP contribution in [0.15, 0.2) is 0 Å². The molecule has 0 aliphatic heterocycles. The van der Waals surface area contributed by atoms with Crippen molar-refractivity contribution < 1.29 is 28.8 Å². The van der Waals surface area contributed by atoms with Crippen LogP contribution in [-0.2, 0) is 23.7 Å². The molecule has 120 valence electrons. The van der Waals surface area contributed by atoms with Crippen molar-refractivity contribution in [3.05, 3.63) is 0 Å². The second-order valence-electron chi connectivity index (χ2n) is 4.77. The van der Waals surface area contributed by atoms with E-state index >= 15 is 0 Å². The molecule has 0 amide bonds. The Hall–Kier alpha value is -0.240. The van der Waals surface area contributed by atoms with Gasteiger partial charge in [-0.05, 0) is 6.42 Å². The van der Waals surface area contributed by atoms with E-state index in [0.29, 0.717) is 52.7 Å². The number of hydrogen-bond donors (Lipinski definition) is 1. The smallest absolute Gasteiger partial charge is 0.110 e. The van der Waals surface area contributed by atoms with E-state index in [1.165, 1.54) is 0 Å². The summed E-state index contributed by atoms with van der Waals surface area (Å²) in [5.74, 6) is 0. The summed E-state index contributed by atoms with van der Waals surface area (Å²) in [7, 11) is 1.64. The van der Waals surface area contributed by atoms with Gasteiger partial charge in [-0.3, -0.25) is 0 Å². The average Bonchev–Trinajstić information content (AvgIpc) is 2.44. The van der Waals surface area contributed by atoms with Crippen LogP contribution in [-0.4, -0.2) is 76.8 Å². The van der Waals surface area contributed by atoms with Crippen LogP contribution < -0.4 is 0 Å². The van der Waals surface area contributed by atoms with Crippen molar-refractivity contribution in [3.63, 3.8) is 0 Å². The van der Waals surface area contributed by atoms with Crippen LogP contribution in [0.3, 0.4) is 0 Å². The fourth-order valence-electron chi connectivity index (χ4n) is 1.92. The van der Waals surface area contributed by atoms with Crippen LogP contribution in [0.4, 0.5) is 0 Å². The fourth-order valence-corrected chi connectivity index (χ4v) is 1.92. The summed E-state index contributed by atoms with van der Waals surface area (Å²) in [6.45, 7) is 6.06. The van der Waals surface area contributed by atoms with Gasteiger partial charge in [0.1, 0.15) is 6.10 Å². The zero-order chi connectivity index (χ0) is 14.6. The first-order valence-corrected chi connectivity index (χ1v) is 7.35. The lowest BCUT2D eigenvalue weighted by molar-refractivity contribution is -0.195. The number of aliphatic hydroxyl groups is 1. The summed E-state index contributed by atoms with van der Waals surface area (Å²) in [5, 5.41) is 9.59. The van der Waals surface area contributed by atoms with Gasteiger partial charge in [-0.25, -0.2) is 0 Å². The van der Waals surface area contributed by atoms with E-state index < -0.39 is 0 Å². The van der Waals surface area contributed by atoms with Crippen molar-refractivity contribution in [1.29, 1.82) is 0 Å². The van der Waals surface area contributed by atoms with Crippen LogP contribution in [0.25, 0.3) is 0 Å². The molecule has 20 heavy (non-hydrogen) atoms. The summed E-state index contributed by atoms with van der Waals surface area (Å²) in [5.41, 5.74) is 0. The Morgan fingerprint density at radius 1 is 0.900 bits per heavy atom. The number of methoxy groups -OCH3 is 1. The molecule has 6 heteroatoms. The Morgan fingerprint density at radius 2 is 1.55 bits per heavy atom. The molecule has 0 spiro atoms. The SMILES string of the molecule is CCCOC1C(O)CC1OCCOCCOCCOC. The first-order valence-electron chi connectivity index (χ1n) is 7.35. The van der Waals surface area contributed by atoms with Crippen LogP contribution in [0.5, 0.6) is 0 Å². The molecule has 1 aliphatic rings. The Bertz CT molecular complexity index is 226. The van der Waals surface area contributed by atoms with Gasteiger partial charge >= 0.3 is 0 Å². The summed E-state index contributed by atoms with van der Waals surface area (Å²) in [6.07, 6.45) is 1.03. The Morgan fingerprint density at radius 3 is 2.15 bits per heavy atom. The Balaban J connectivity index is 1.88. The second kappa shape index (κ2) is 11.4. The van der Waals surface area contributed by atoms with Gasteiger partial charge in [-0.15, -0.1) is 0 Å². The highest BCUT2D eigenvalue weighted by Crippen LogP contribution is 2.27. The van der Waals surface area contributed by atoms with E-state index in [4.69, 9.17) is 23.7 Å². The molecule has 0 aromatic rings. The van der Waals surface area contributed by atoms with Crippen LogP contribution in [0.1, 0.15) is 19.8 Å². The Kier molecular flexibility index (Phi) is 10.2. The van der Waals surface area contributed by atoms with E-state index in [1.54, 1.807) is 7.11 Å². The van der Waals surface area contributed by atoms with E-state index in [-0.39, 0.29) is 18.3 Å². The summed E-state index contributed by atoms with van der Waals surface area (Å²) in [6, 6.07) is 0. The minimum absolute atomic E-state index is 0.00176. The molecular weight excluding hydrogens is 264 g/mol. The third kappa shape index (κ3) is 6.97. The summed E-state index contributed by atoms with van der Waals surface area (Å²) in [4.78, 5) is 0. The highest BCUT2D eigenvalue weighted by molar-refractivity contribution is 4.91. The van der Waals surface area contributed by atoms with Crippen LogP contribution in [0.2, 0.25) is 0 Å². The molecule has 1 aliphatic carbocycles. The van der Waals surface area contributed by atoms with E-state index in [2.05, 4.69) is 0 Å². The molecule has 0 aromatic carbocycles. The predicted molar refractivity (Wildman–Crippen MR) is 73.9 cm³/mol. The number of ether oxygens (including phenoxy) is 5. The monoisotopic (exact) mass is 292 g/mol. The van der Waals surface area contributed by atoms with Gasteiger partial charge in [-0.2, -0.15) is 0 Å². The van der Waals surface area contributed by atoms with Crippen LogP contribution in [0, 0.1) is 0 Å². The van der Waals surface area contributed by atoms with Gasteiger partial charge in [0.25, 0.3) is 0 Å². The van der Waals surface area contributed by atoms with Crippen molar-refractivity contribution >= 4 is 0 Å². The number of aliphatic hydroxyl groups excluding tert-OH is 1. The molecule has 0 heterocycles. The standard InChI is InChI=1S/C14H28O6/c1-3-4-20-14-12(15)11-13(14)19-10-9-18-8-7-17-6-5-16-2/h12-15H,3-11H2,1-2H3. The molecule has 3 atom stereocenters. The molecule has 1 rings (SSSR count). The maximum Gasteiger partial charge on any atom is 0.110 e. The van der Waals surface area contributed by atoms with Crippen LogP contribution >= 0.6 is 0 Å². The number of rotatable bonds is 13. The Labute approximate surface area is 121 Å². The molecule has 1 fully saturated rings. The van der Waals surface area contributed by atoms with Crippen molar-refractivity contribution in [1.82, 2.24) is 0 Å². The zero-order valence-electron chi connectivity index (χ0n) is 12.6. The van der Waals surface area contributed by atoms with E-state index in [9.17, 15) is 5.11 Å². The average molecular weight is 292 g/mol. The minimum Gasteiger partial charge on any atom is -0.390 e. The first kappa shape index (κ1) is 17.8. The van der Waals surface area contributed by atoms with Crippen molar-refractivity contribution in [3.8, 4) is 0 Å². The van der Waals surface area contributed by atoms with Crippen molar-refractivity contribution in [2.75, 3.05) is 53.4 Å². The first-order chi connectivity index (χ1) is 9.79. The second-order valence-corrected chi connectivity index (χ2v) is 4.77. The third-order valence-corrected chi connectivity index (χ3v) is 3.10. The van der Waals surface area contributed by atoms with Crippen molar-refractivity contribution in [2.45, 2.75) is 38.1 Å². The normalized spacial score (nSPS) is 25.6. The van der Waals surface area contributed by atoms with Crippen molar-refractivity contribution in [2.24, 2.45) is 0 Å². The molecule has 3 unspecified atom stereocenters. The molecule has 0 radical (unpaired) electrons. The predicted octanol–water partition coefficient (Wildman–Crippen LogP) is 0.611. The molecule has 0 saturated heterocycles. The molecule has 0 bridgehead atoms. The maximum absolute atomic E-state index is 9.59. The number of hydrogen-bond acceptors (Lipinski definition) is 6. The molecule has 1 N–H and O–H groups in total. The topological polar surface area (TPSA) is 66.4 Å². The third-order valence-electron chi connectivity index (χ3n) is 3.10. The lowest BCUT2D eigenvalue weighted by Crippen LogP contribution is -2.54. The fraction of sp³-hybridized carbons (Fsp3) is 1.00. The highest BCUT2D eigenvalue weighted by atomic mass is 16.6. The van der Waals surface area contributed by atoms with Gasteiger partial charge in [0.15, 0.2) is 0 Å². The zero-order valence-corrected chi connectivity index (χ0v) is 12.6. The lowest BCUT2D eigenvalue weighted by Gasteiger charge is -2.40. The van der Waals surface area contributed by atoms with E-state index in [1.807, 2.05) is 6.92 Å². The minimum atomic E-state index is -0.387. The van der Waals surface area contributed by atoms with Gasteiger partial charge in [0.2, 0.25) is 0 Å². The lowest BCUT2D eigenvalue weighted by atomic mass is 9.88. The maximum atomic E-state index is 9.59. The highest BCUT2D eigenvalue weighted by Gasteiger charge is 2.41. The molecule has 6 nitrogen and oxygen atoms in total.